The molecule has 0 saturated heterocycles. The molecule has 11 heavy (non-hydrogen) atoms. The molecule has 2 aliphatic rings. The zero-order chi connectivity index (χ0) is 7.73. The lowest BCUT2D eigenvalue weighted by molar-refractivity contribution is 0.403. The molecule has 0 unspecified atom stereocenters. The highest BCUT2D eigenvalue weighted by molar-refractivity contribution is 5.64. The van der Waals surface area contributed by atoms with Gasteiger partial charge in [0.1, 0.15) is 0 Å². The van der Waals surface area contributed by atoms with Gasteiger partial charge in [-0.2, -0.15) is 5.26 Å². The summed E-state index contributed by atoms with van der Waals surface area (Å²) in [5.41, 5.74) is -0.474. The maximum atomic E-state index is 8.94. The fourth-order valence-electron chi connectivity index (χ4n) is 1.85. The molecule has 1 heterocycles. The summed E-state index contributed by atoms with van der Waals surface area (Å²) in [6.45, 7) is 0. The summed E-state index contributed by atoms with van der Waals surface area (Å²) in [6.07, 6.45) is 9.13. The Balaban J connectivity index is 2.39. The first-order valence-corrected chi connectivity index (χ1v) is 4.00. The van der Waals surface area contributed by atoms with Crippen molar-refractivity contribution in [3.05, 3.63) is 12.2 Å². The van der Waals surface area contributed by atoms with Crippen LogP contribution < -0.4 is 0 Å². The van der Waals surface area contributed by atoms with Gasteiger partial charge >= 0.3 is 0 Å². The van der Waals surface area contributed by atoms with Crippen LogP contribution in [0.5, 0.6) is 0 Å². The van der Waals surface area contributed by atoms with E-state index in [-0.39, 0.29) is 0 Å². The molecule has 1 aliphatic heterocycles. The average molecular weight is 146 g/mol. The molecular formula is C9H10N2. The van der Waals surface area contributed by atoms with Crippen molar-refractivity contribution < 1.29 is 0 Å². The third-order valence-electron chi connectivity index (χ3n) is 2.55. The molecule has 2 rings (SSSR count). The Labute approximate surface area is 66.2 Å². The van der Waals surface area contributed by atoms with Gasteiger partial charge in [-0.1, -0.05) is 6.08 Å². The monoisotopic (exact) mass is 146 g/mol. The van der Waals surface area contributed by atoms with E-state index >= 15 is 0 Å². The Morgan fingerprint density at radius 3 is 3.27 bits per heavy atom. The van der Waals surface area contributed by atoms with Crippen molar-refractivity contribution in [1.82, 2.24) is 0 Å². The van der Waals surface area contributed by atoms with Crippen molar-refractivity contribution in [1.29, 1.82) is 5.26 Å². The van der Waals surface area contributed by atoms with Crippen LogP contribution in [0.15, 0.2) is 17.1 Å². The van der Waals surface area contributed by atoms with Crippen LogP contribution >= 0.6 is 0 Å². The van der Waals surface area contributed by atoms with Gasteiger partial charge in [-0.25, -0.2) is 0 Å². The van der Waals surface area contributed by atoms with Gasteiger partial charge in [0.15, 0.2) is 5.54 Å². The summed E-state index contributed by atoms with van der Waals surface area (Å²) in [5.74, 6) is 0.456. The Morgan fingerprint density at radius 2 is 2.55 bits per heavy atom. The van der Waals surface area contributed by atoms with Gasteiger partial charge in [0, 0.05) is 12.1 Å². The van der Waals surface area contributed by atoms with Crippen LogP contribution in [-0.2, 0) is 0 Å². The van der Waals surface area contributed by atoms with Gasteiger partial charge in [0.05, 0.1) is 6.07 Å². The number of aliphatic imine (C=N–C) groups is 1. The van der Waals surface area contributed by atoms with E-state index in [9.17, 15) is 0 Å². The van der Waals surface area contributed by atoms with E-state index in [1.54, 1.807) is 0 Å². The number of nitrogens with zero attached hydrogens (tertiary/aromatic N) is 2. The Kier molecular flexibility index (Phi) is 1.32. The Bertz CT molecular complexity index is 259. The number of fused-ring (bicyclic) bond motifs is 1. The molecular weight excluding hydrogens is 136 g/mol. The zero-order valence-electron chi connectivity index (χ0n) is 6.33. The highest BCUT2D eigenvalue weighted by Crippen LogP contribution is 2.37. The average Bonchev–Trinajstić information content (AvgIpc) is 2.48. The minimum Gasteiger partial charge on any atom is -0.271 e. The highest BCUT2D eigenvalue weighted by Gasteiger charge is 2.40. The van der Waals surface area contributed by atoms with E-state index < -0.39 is 5.54 Å². The fraction of sp³-hybridized carbons (Fsp3) is 0.556. The topological polar surface area (TPSA) is 36.1 Å². The standard InChI is InChI=1S/C9H10N2/c10-7-9-5-2-1-3-8(9)4-6-11-9/h2,5-6,8H,1,3-4H2/t8-,9+/m0/s1. The normalized spacial score (nSPS) is 40.1. The maximum Gasteiger partial charge on any atom is 0.167 e. The van der Waals surface area contributed by atoms with Crippen LogP contribution in [-0.4, -0.2) is 11.8 Å². The molecule has 2 nitrogen and oxygen atoms in total. The molecule has 0 aromatic rings. The first-order valence-electron chi connectivity index (χ1n) is 4.00. The molecule has 0 aromatic heterocycles. The SMILES string of the molecule is N#C[C@]12C=CCC[C@H]1CC=N2. The molecule has 2 atom stereocenters. The van der Waals surface area contributed by atoms with E-state index in [2.05, 4.69) is 17.1 Å². The van der Waals surface area contributed by atoms with Gasteiger partial charge in [-0.15, -0.1) is 0 Å². The molecule has 0 fully saturated rings. The number of nitriles is 1. The van der Waals surface area contributed by atoms with E-state index in [0.717, 1.165) is 19.3 Å². The highest BCUT2D eigenvalue weighted by atomic mass is 14.9. The molecule has 0 bridgehead atoms. The van der Waals surface area contributed by atoms with Gasteiger partial charge in [-0.05, 0) is 25.3 Å². The summed E-state index contributed by atoms with van der Waals surface area (Å²) in [7, 11) is 0. The number of hydrogen-bond donors (Lipinski definition) is 0. The lowest BCUT2D eigenvalue weighted by Crippen LogP contribution is -2.30. The predicted molar refractivity (Wildman–Crippen MR) is 43.3 cm³/mol. The van der Waals surface area contributed by atoms with E-state index in [0.29, 0.717) is 5.92 Å². The summed E-state index contributed by atoms with van der Waals surface area (Å²) in [4.78, 5) is 4.23. The first-order chi connectivity index (χ1) is 5.37. The van der Waals surface area contributed by atoms with Crippen LogP contribution in [0, 0.1) is 17.2 Å². The van der Waals surface area contributed by atoms with Crippen molar-refractivity contribution in [2.75, 3.05) is 0 Å². The first kappa shape index (κ1) is 6.60. The fourth-order valence-corrected chi connectivity index (χ4v) is 1.85. The van der Waals surface area contributed by atoms with Crippen LogP contribution in [0.4, 0.5) is 0 Å². The smallest absolute Gasteiger partial charge is 0.167 e. The quantitative estimate of drug-likeness (QED) is 0.479. The van der Waals surface area contributed by atoms with Gasteiger partial charge in [0.2, 0.25) is 0 Å². The number of allylic oxidation sites excluding steroid dienone is 1. The third kappa shape index (κ3) is 0.808. The van der Waals surface area contributed by atoms with E-state index in [1.165, 1.54) is 0 Å². The summed E-state index contributed by atoms with van der Waals surface area (Å²) in [6, 6.07) is 2.29. The van der Waals surface area contributed by atoms with Crippen LogP contribution in [0.25, 0.3) is 0 Å². The summed E-state index contributed by atoms with van der Waals surface area (Å²) in [5, 5.41) is 8.94. The molecule has 0 saturated carbocycles. The second-order valence-corrected chi connectivity index (χ2v) is 3.16. The second-order valence-electron chi connectivity index (χ2n) is 3.16. The lowest BCUT2D eigenvalue weighted by Gasteiger charge is -2.25. The van der Waals surface area contributed by atoms with Crippen molar-refractivity contribution in [2.24, 2.45) is 10.9 Å². The van der Waals surface area contributed by atoms with Crippen molar-refractivity contribution in [3.8, 4) is 6.07 Å². The second kappa shape index (κ2) is 2.20. The van der Waals surface area contributed by atoms with Crippen LogP contribution in [0.3, 0.4) is 0 Å². The van der Waals surface area contributed by atoms with Crippen molar-refractivity contribution >= 4 is 6.21 Å². The number of hydrogen-bond acceptors (Lipinski definition) is 2. The van der Waals surface area contributed by atoms with Gasteiger partial charge in [-0.3, -0.25) is 4.99 Å². The van der Waals surface area contributed by atoms with E-state index in [4.69, 9.17) is 5.26 Å². The van der Waals surface area contributed by atoms with Gasteiger partial charge in [0.25, 0.3) is 0 Å². The molecule has 56 valence electrons. The van der Waals surface area contributed by atoms with E-state index in [1.807, 2.05) is 12.3 Å². The molecule has 0 N–H and O–H groups in total. The minimum atomic E-state index is -0.474. The Hall–Kier alpha value is -1.10. The van der Waals surface area contributed by atoms with Gasteiger partial charge < -0.3 is 0 Å². The molecule has 1 aliphatic carbocycles. The van der Waals surface area contributed by atoms with Crippen LogP contribution in [0.2, 0.25) is 0 Å². The zero-order valence-corrected chi connectivity index (χ0v) is 6.33. The number of rotatable bonds is 0. The lowest BCUT2D eigenvalue weighted by atomic mass is 9.79. The maximum absolute atomic E-state index is 8.94. The van der Waals surface area contributed by atoms with Crippen molar-refractivity contribution in [3.63, 3.8) is 0 Å². The third-order valence-corrected chi connectivity index (χ3v) is 2.55. The molecule has 2 heteroatoms. The van der Waals surface area contributed by atoms with Crippen molar-refractivity contribution in [2.45, 2.75) is 24.8 Å². The van der Waals surface area contributed by atoms with Crippen LogP contribution in [0.1, 0.15) is 19.3 Å². The predicted octanol–water partition coefficient (Wildman–Crippen LogP) is 1.69. The summed E-state index contributed by atoms with van der Waals surface area (Å²) < 4.78 is 0. The summed E-state index contributed by atoms with van der Waals surface area (Å²) >= 11 is 0. The molecule has 0 amide bonds. The minimum absolute atomic E-state index is 0.456. The Morgan fingerprint density at radius 1 is 1.64 bits per heavy atom. The molecule has 0 radical (unpaired) electrons. The molecule has 0 spiro atoms. The largest absolute Gasteiger partial charge is 0.271 e. The molecule has 0 aromatic carbocycles.